The number of hydrogen-bond acceptors (Lipinski definition) is 5. The predicted molar refractivity (Wildman–Crippen MR) is 138 cm³/mol. The van der Waals surface area contributed by atoms with Gasteiger partial charge in [0.25, 0.3) is 0 Å². The summed E-state index contributed by atoms with van der Waals surface area (Å²) < 4.78 is 26.5. The van der Waals surface area contributed by atoms with Crippen LogP contribution < -0.4 is 0 Å². The van der Waals surface area contributed by atoms with Gasteiger partial charge in [0.05, 0.1) is 5.56 Å². The fourth-order valence-electron chi connectivity index (χ4n) is 4.40. The van der Waals surface area contributed by atoms with Crippen LogP contribution >= 0.6 is 0 Å². The summed E-state index contributed by atoms with van der Waals surface area (Å²) in [6.07, 6.45) is 2.40. The maximum absolute atomic E-state index is 13.2. The first kappa shape index (κ1) is 26.4. The Hall–Kier alpha value is -1.26. The standard InChI is InChI=1S/C26H42O5Si2/c1-9-33(10-2,11-3)31-23-21-18-17-20(28-21)22(30-32(7,8)26(4,5)6)24(23)29-25(27)19-15-13-12-14-16-19/h12-18,20-24H,9-11H2,1-8H3/t20-,21+,22-,23+,24-/m0/s1. The Morgan fingerprint density at radius 2 is 1.39 bits per heavy atom. The molecule has 0 aromatic heterocycles. The van der Waals surface area contributed by atoms with E-state index in [9.17, 15) is 4.79 Å². The molecule has 5 nitrogen and oxygen atoms in total. The van der Waals surface area contributed by atoms with E-state index in [2.05, 4.69) is 66.8 Å². The monoisotopic (exact) mass is 490 g/mol. The van der Waals surface area contributed by atoms with Gasteiger partial charge in [-0.2, -0.15) is 0 Å². The van der Waals surface area contributed by atoms with Crippen molar-refractivity contribution in [2.45, 2.75) is 108 Å². The first-order valence-corrected chi connectivity index (χ1v) is 17.9. The van der Waals surface area contributed by atoms with Crippen LogP contribution in [0.4, 0.5) is 0 Å². The molecule has 2 aliphatic rings. The van der Waals surface area contributed by atoms with E-state index in [-0.39, 0.29) is 29.3 Å². The van der Waals surface area contributed by atoms with Crippen LogP contribution in [-0.2, 0) is 18.3 Å². The molecule has 184 valence electrons. The van der Waals surface area contributed by atoms with Crippen LogP contribution in [0.25, 0.3) is 0 Å². The fourth-order valence-corrected chi connectivity index (χ4v) is 8.55. The van der Waals surface area contributed by atoms with E-state index in [1.165, 1.54) is 0 Å². The Kier molecular flexibility index (Phi) is 8.11. The van der Waals surface area contributed by atoms with Gasteiger partial charge in [-0.15, -0.1) is 0 Å². The zero-order chi connectivity index (χ0) is 24.4. The molecule has 33 heavy (non-hydrogen) atoms. The third-order valence-corrected chi connectivity index (χ3v) is 17.0. The van der Waals surface area contributed by atoms with Gasteiger partial charge in [-0.05, 0) is 48.4 Å². The van der Waals surface area contributed by atoms with Gasteiger partial charge < -0.3 is 18.3 Å². The van der Waals surface area contributed by atoms with Gasteiger partial charge in [0.1, 0.15) is 24.4 Å². The molecule has 1 aromatic carbocycles. The lowest BCUT2D eigenvalue weighted by molar-refractivity contribution is -0.179. The minimum absolute atomic E-state index is 0.0191. The lowest BCUT2D eigenvalue weighted by Gasteiger charge is -2.48. The summed E-state index contributed by atoms with van der Waals surface area (Å²) in [7, 11) is -4.16. The summed E-state index contributed by atoms with van der Waals surface area (Å²) in [5.41, 5.74) is 0.541. The summed E-state index contributed by atoms with van der Waals surface area (Å²) in [6, 6.07) is 12.2. The highest BCUT2D eigenvalue weighted by atomic mass is 28.4. The van der Waals surface area contributed by atoms with Crippen LogP contribution in [0.2, 0.25) is 36.3 Å². The molecule has 7 heteroatoms. The lowest BCUT2D eigenvalue weighted by Crippen LogP contribution is -2.63. The summed E-state index contributed by atoms with van der Waals surface area (Å²) >= 11 is 0. The Bertz CT molecular complexity index is 801. The molecular formula is C26H42O5Si2. The van der Waals surface area contributed by atoms with E-state index in [0.717, 1.165) is 18.1 Å². The van der Waals surface area contributed by atoms with Gasteiger partial charge in [0.15, 0.2) is 22.7 Å². The number of ether oxygens (including phenoxy) is 2. The van der Waals surface area contributed by atoms with Crippen molar-refractivity contribution in [2.75, 3.05) is 0 Å². The molecular weight excluding hydrogens is 448 g/mol. The third-order valence-electron chi connectivity index (χ3n) is 7.91. The van der Waals surface area contributed by atoms with Gasteiger partial charge in [-0.3, -0.25) is 0 Å². The molecule has 3 rings (SSSR count). The highest BCUT2D eigenvalue weighted by Gasteiger charge is 2.55. The van der Waals surface area contributed by atoms with Crippen molar-refractivity contribution in [1.82, 2.24) is 0 Å². The minimum Gasteiger partial charge on any atom is -0.453 e. The molecule has 1 saturated heterocycles. The number of rotatable bonds is 9. The SMILES string of the molecule is CC[Si](CC)(CC)O[C@H]1[C@@H](OC(=O)c2ccccc2)[C@@H](O[Si](C)(C)C(C)(C)C)[C@@H]2C=C[C@H]1O2. The molecule has 2 aliphatic heterocycles. The molecule has 1 fully saturated rings. The van der Waals surface area contributed by atoms with E-state index in [4.69, 9.17) is 18.3 Å². The van der Waals surface area contributed by atoms with Gasteiger partial charge in [0, 0.05) is 0 Å². The molecule has 0 amide bonds. The van der Waals surface area contributed by atoms with Crippen LogP contribution in [0.3, 0.4) is 0 Å². The number of fused-ring (bicyclic) bond motifs is 2. The van der Waals surface area contributed by atoms with Crippen molar-refractivity contribution in [3.8, 4) is 0 Å². The number of esters is 1. The van der Waals surface area contributed by atoms with E-state index >= 15 is 0 Å². The largest absolute Gasteiger partial charge is 0.453 e. The summed E-state index contributed by atoms with van der Waals surface area (Å²) in [6.45, 7) is 17.8. The molecule has 2 heterocycles. The molecule has 0 unspecified atom stereocenters. The zero-order valence-electron chi connectivity index (χ0n) is 21.6. The molecule has 2 bridgehead atoms. The maximum atomic E-state index is 13.2. The van der Waals surface area contributed by atoms with E-state index in [1.807, 2.05) is 18.2 Å². The third kappa shape index (κ3) is 5.53. The molecule has 0 radical (unpaired) electrons. The number of carbonyl (C=O) groups is 1. The predicted octanol–water partition coefficient (Wildman–Crippen LogP) is 6.33. The highest BCUT2D eigenvalue weighted by molar-refractivity contribution is 6.74. The first-order chi connectivity index (χ1) is 15.5. The molecule has 1 aromatic rings. The summed E-state index contributed by atoms with van der Waals surface area (Å²) in [5.74, 6) is -0.337. The van der Waals surface area contributed by atoms with Crippen molar-refractivity contribution in [1.29, 1.82) is 0 Å². The molecule has 0 aliphatic carbocycles. The quantitative estimate of drug-likeness (QED) is 0.230. The summed E-state index contributed by atoms with van der Waals surface area (Å²) in [5, 5.41) is 0.0191. The van der Waals surface area contributed by atoms with E-state index < -0.39 is 28.8 Å². The van der Waals surface area contributed by atoms with Crippen molar-refractivity contribution in [2.24, 2.45) is 0 Å². The smallest absolute Gasteiger partial charge is 0.338 e. The second-order valence-corrected chi connectivity index (χ2v) is 20.3. The Balaban J connectivity index is 1.98. The first-order valence-electron chi connectivity index (χ1n) is 12.4. The maximum Gasteiger partial charge on any atom is 0.338 e. The number of hydrogen-bond donors (Lipinski definition) is 0. The number of carbonyl (C=O) groups excluding carboxylic acids is 1. The molecule has 0 N–H and O–H groups in total. The van der Waals surface area contributed by atoms with Crippen molar-refractivity contribution >= 4 is 22.6 Å². The van der Waals surface area contributed by atoms with Crippen LogP contribution in [-0.4, -0.2) is 53.1 Å². The van der Waals surface area contributed by atoms with E-state index in [0.29, 0.717) is 5.56 Å². The Morgan fingerprint density at radius 1 is 0.879 bits per heavy atom. The van der Waals surface area contributed by atoms with Gasteiger partial charge in [-0.25, -0.2) is 4.79 Å². The highest BCUT2D eigenvalue weighted by Crippen LogP contribution is 2.43. The molecule has 0 spiro atoms. The van der Waals surface area contributed by atoms with Gasteiger partial charge in [-0.1, -0.05) is 71.9 Å². The average Bonchev–Trinajstić information content (AvgIpc) is 3.23. The molecule has 0 saturated carbocycles. The topological polar surface area (TPSA) is 54.0 Å². The van der Waals surface area contributed by atoms with Crippen LogP contribution in [0.5, 0.6) is 0 Å². The normalized spacial score (nSPS) is 27.6. The fraction of sp³-hybridized carbons (Fsp3) is 0.654. The van der Waals surface area contributed by atoms with E-state index in [1.54, 1.807) is 12.1 Å². The number of benzene rings is 1. The average molecular weight is 491 g/mol. The zero-order valence-corrected chi connectivity index (χ0v) is 23.6. The second kappa shape index (κ2) is 10.2. The van der Waals surface area contributed by atoms with Crippen molar-refractivity contribution in [3.63, 3.8) is 0 Å². The van der Waals surface area contributed by atoms with Crippen LogP contribution in [0.15, 0.2) is 42.5 Å². The second-order valence-electron chi connectivity index (χ2n) is 10.9. The van der Waals surface area contributed by atoms with Crippen molar-refractivity contribution in [3.05, 3.63) is 48.0 Å². The van der Waals surface area contributed by atoms with Gasteiger partial charge in [0.2, 0.25) is 0 Å². The Labute approximate surface area is 202 Å². The van der Waals surface area contributed by atoms with Crippen molar-refractivity contribution < 1.29 is 23.1 Å². The van der Waals surface area contributed by atoms with Crippen LogP contribution in [0.1, 0.15) is 51.9 Å². The Morgan fingerprint density at radius 3 is 1.88 bits per heavy atom. The minimum atomic E-state index is -2.17. The van der Waals surface area contributed by atoms with Crippen LogP contribution in [0, 0.1) is 0 Å². The molecule has 5 atom stereocenters. The lowest BCUT2D eigenvalue weighted by atomic mass is 9.99. The van der Waals surface area contributed by atoms with Gasteiger partial charge >= 0.3 is 5.97 Å². The summed E-state index contributed by atoms with van der Waals surface area (Å²) in [4.78, 5) is 13.2.